The van der Waals surface area contributed by atoms with Crippen molar-refractivity contribution in [1.82, 2.24) is 0 Å². The zero-order chi connectivity index (χ0) is 11.1. The van der Waals surface area contributed by atoms with Crippen molar-refractivity contribution in [3.8, 4) is 0 Å². The third-order valence-electron chi connectivity index (χ3n) is 3.07. The monoisotopic (exact) mass is 275 g/mol. The van der Waals surface area contributed by atoms with Crippen LogP contribution in [0.25, 0.3) is 0 Å². The fraction of sp³-hybridized carbons (Fsp3) is 0.455. The average molecular weight is 276 g/mol. The molecule has 0 unspecified atom stereocenters. The van der Waals surface area contributed by atoms with E-state index in [1.54, 1.807) is 6.07 Å². The van der Waals surface area contributed by atoms with Gasteiger partial charge in [0.25, 0.3) is 0 Å². The van der Waals surface area contributed by atoms with Crippen molar-refractivity contribution in [3.63, 3.8) is 0 Å². The Hall–Kier alpha value is -0.480. The summed E-state index contributed by atoms with van der Waals surface area (Å²) in [7, 11) is 0. The lowest BCUT2D eigenvalue weighted by molar-refractivity contribution is 0.445. The molecule has 0 saturated heterocycles. The van der Waals surface area contributed by atoms with E-state index < -0.39 is 17.2 Å². The molecule has 1 aromatic carbocycles. The Morgan fingerprint density at radius 1 is 1.20 bits per heavy atom. The molecule has 0 heterocycles. The van der Waals surface area contributed by atoms with Crippen LogP contribution in [-0.2, 0) is 5.54 Å². The Morgan fingerprint density at radius 2 is 1.80 bits per heavy atom. The Bertz CT molecular complexity index is 386. The first-order valence-electron chi connectivity index (χ1n) is 4.97. The lowest BCUT2D eigenvalue weighted by Crippen LogP contribution is -2.33. The Kier molecular flexibility index (Phi) is 2.81. The molecule has 0 aromatic heterocycles. The average Bonchev–Trinajstić information content (AvgIpc) is 2.62. The largest absolute Gasteiger partial charge is 0.321 e. The van der Waals surface area contributed by atoms with Gasteiger partial charge in [-0.25, -0.2) is 8.78 Å². The molecule has 1 nitrogen and oxygen atoms in total. The summed E-state index contributed by atoms with van der Waals surface area (Å²) in [6.07, 6.45) is 3.75. The van der Waals surface area contributed by atoms with E-state index in [9.17, 15) is 8.78 Å². The van der Waals surface area contributed by atoms with Crippen molar-refractivity contribution in [1.29, 1.82) is 0 Å². The van der Waals surface area contributed by atoms with Gasteiger partial charge in [0.15, 0.2) is 11.6 Å². The molecule has 1 fully saturated rings. The summed E-state index contributed by atoms with van der Waals surface area (Å²) in [5.74, 6) is -1.68. The Morgan fingerprint density at radius 3 is 2.40 bits per heavy atom. The van der Waals surface area contributed by atoms with Crippen LogP contribution in [-0.4, -0.2) is 0 Å². The van der Waals surface area contributed by atoms with Gasteiger partial charge in [0.2, 0.25) is 0 Å². The van der Waals surface area contributed by atoms with E-state index in [4.69, 9.17) is 5.73 Å². The molecule has 0 radical (unpaired) electrons. The van der Waals surface area contributed by atoms with Crippen molar-refractivity contribution in [2.45, 2.75) is 31.2 Å². The van der Waals surface area contributed by atoms with E-state index in [0.717, 1.165) is 31.7 Å². The highest BCUT2D eigenvalue weighted by molar-refractivity contribution is 9.10. The van der Waals surface area contributed by atoms with Gasteiger partial charge in [0, 0.05) is 5.54 Å². The smallest absolute Gasteiger partial charge is 0.173 e. The number of hydrogen-bond donors (Lipinski definition) is 1. The van der Waals surface area contributed by atoms with Crippen LogP contribution in [0.2, 0.25) is 0 Å². The topological polar surface area (TPSA) is 26.0 Å². The lowest BCUT2D eigenvalue weighted by Gasteiger charge is -2.25. The Balaban J connectivity index is 2.49. The summed E-state index contributed by atoms with van der Waals surface area (Å²) in [4.78, 5) is 0. The molecule has 1 aromatic rings. The number of hydrogen-bond acceptors (Lipinski definition) is 1. The molecule has 0 bridgehead atoms. The molecule has 0 atom stereocenters. The molecular weight excluding hydrogens is 264 g/mol. The first-order valence-corrected chi connectivity index (χ1v) is 5.77. The van der Waals surface area contributed by atoms with Gasteiger partial charge in [0.05, 0.1) is 4.47 Å². The molecule has 15 heavy (non-hydrogen) atoms. The van der Waals surface area contributed by atoms with Crippen molar-refractivity contribution in [3.05, 3.63) is 33.8 Å². The Labute approximate surface area is 95.8 Å². The van der Waals surface area contributed by atoms with E-state index >= 15 is 0 Å². The second kappa shape index (κ2) is 3.83. The summed E-state index contributed by atoms with van der Waals surface area (Å²) >= 11 is 3.08. The molecule has 2 rings (SSSR count). The number of halogens is 3. The molecule has 2 N–H and O–H groups in total. The summed E-state index contributed by atoms with van der Waals surface area (Å²) in [5, 5.41) is 0. The minimum absolute atomic E-state index is 0.173. The maximum Gasteiger partial charge on any atom is 0.173 e. The second-order valence-corrected chi connectivity index (χ2v) is 4.88. The van der Waals surface area contributed by atoms with Crippen LogP contribution < -0.4 is 5.73 Å². The number of rotatable bonds is 1. The maximum absolute atomic E-state index is 13.3. The molecular formula is C11H12BrF2N. The number of nitrogens with two attached hydrogens (primary N) is 1. The molecule has 0 spiro atoms. The van der Waals surface area contributed by atoms with E-state index in [0.29, 0.717) is 5.56 Å². The van der Waals surface area contributed by atoms with Crippen LogP contribution in [0.1, 0.15) is 31.2 Å². The molecule has 1 aliphatic carbocycles. The predicted octanol–water partition coefficient (Wildman–Crippen LogP) is 3.46. The van der Waals surface area contributed by atoms with Gasteiger partial charge in [-0.15, -0.1) is 0 Å². The zero-order valence-electron chi connectivity index (χ0n) is 8.19. The van der Waals surface area contributed by atoms with Crippen molar-refractivity contribution < 1.29 is 8.78 Å². The first kappa shape index (κ1) is 11.0. The van der Waals surface area contributed by atoms with Crippen LogP contribution in [0.15, 0.2) is 16.6 Å². The van der Waals surface area contributed by atoms with Gasteiger partial charge < -0.3 is 5.73 Å². The highest BCUT2D eigenvalue weighted by Crippen LogP contribution is 2.40. The molecule has 0 aliphatic heterocycles. The standard InChI is InChI=1S/C11H12BrF2N/c12-9-7(3-4-8(13)10(9)14)11(15)5-1-2-6-11/h3-4H,1-2,5-6,15H2. The fourth-order valence-electron chi connectivity index (χ4n) is 2.19. The van der Waals surface area contributed by atoms with Gasteiger partial charge in [-0.2, -0.15) is 0 Å². The molecule has 1 saturated carbocycles. The van der Waals surface area contributed by atoms with Crippen molar-refractivity contribution in [2.75, 3.05) is 0 Å². The third-order valence-corrected chi connectivity index (χ3v) is 3.84. The van der Waals surface area contributed by atoms with Crippen LogP contribution in [0.4, 0.5) is 8.78 Å². The SMILES string of the molecule is NC1(c2ccc(F)c(F)c2Br)CCCC1. The minimum Gasteiger partial charge on any atom is -0.321 e. The van der Waals surface area contributed by atoms with Gasteiger partial charge in [-0.1, -0.05) is 18.9 Å². The first-order chi connectivity index (χ1) is 7.04. The lowest BCUT2D eigenvalue weighted by atomic mass is 9.89. The van der Waals surface area contributed by atoms with Crippen molar-refractivity contribution in [2.24, 2.45) is 5.73 Å². The van der Waals surface area contributed by atoms with Gasteiger partial charge in [0.1, 0.15) is 0 Å². The zero-order valence-corrected chi connectivity index (χ0v) is 9.78. The molecule has 82 valence electrons. The van der Waals surface area contributed by atoms with Gasteiger partial charge in [-0.05, 0) is 40.4 Å². The van der Waals surface area contributed by atoms with Crippen LogP contribution in [0.5, 0.6) is 0 Å². The highest BCUT2D eigenvalue weighted by Gasteiger charge is 2.34. The van der Waals surface area contributed by atoms with Crippen molar-refractivity contribution >= 4 is 15.9 Å². The highest BCUT2D eigenvalue weighted by atomic mass is 79.9. The minimum atomic E-state index is -0.843. The van der Waals surface area contributed by atoms with E-state index in [1.807, 2.05) is 0 Å². The van der Waals surface area contributed by atoms with E-state index in [-0.39, 0.29) is 4.47 Å². The molecule has 0 amide bonds. The van der Waals surface area contributed by atoms with Crippen LogP contribution in [0, 0.1) is 11.6 Å². The van der Waals surface area contributed by atoms with Gasteiger partial charge >= 0.3 is 0 Å². The summed E-state index contributed by atoms with van der Waals surface area (Å²) < 4.78 is 26.4. The maximum atomic E-state index is 13.3. The van der Waals surface area contributed by atoms with E-state index in [2.05, 4.69) is 15.9 Å². The summed E-state index contributed by atoms with van der Waals surface area (Å²) in [6.45, 7) is 0. The second-order valence-electron chi connectivity index (χ2n) is 4.09. The summed E-state index contributed by atoms with van der Waals surface area (Å²) in [6, 6.07) is 2.72. The van der Waals surface area contributed by atoms with Gasteiger partial charge in [-0.3, -0.25) is 0 Å². The summed E-state index contributed by atoms with van der Waals surface area (Å²) in [5.41, 5.74) is 6.37. The quantitative estimate of drug-likeness (QED) is 0.781. The van der Waals surface area contributed by atoms with Crippen LogP contribution >= 0.6 is 15.9 Å². The predicted molar refractivity (Wildman–Crippen MR) is 58.4 cm³/mol. The fourth-order valence-corrected chi connectivity index (χ4v) is 2.90. The number of benzene rings is 1. The normalized spacial score (nSPS) is 19.5. The van der Waals surface area contributed by atoms with E-state index in [1.165, 1.54) is 0 Å². The molecule has 4 heteroatoms. The molecule has 1 aliphatic rings. The third kappa shape index (κ3) is 1.81. The van der Waals surface area contributed by atoms with Crippen LogP contribution in [0.3, 0.4) is 0 Å².